The van der Waals surface area contributed by atoms with Gasteiger partial charge < -0.3 is 19.9 Å². The first-order valence-electron chi connectivity index (χ1n) is 9.15. The largest absolute Gasteiger partial charge is 0.497 e. The van der Waals surface area contributed by atoms with Gasteiger partial charge in [0.15, 0.2) is 0 Å². The summed E-state index contributed by atoms with van der Waals surface area (Å²) in [6.45, 7) is 9.73. The van der Waals surface area contributed by atoms with Crippen molar-refractivity contribution in [3.63, 3.8) is 0 Å². The molecule has 2 atom stereocenters. The van der Waals surface area contributed by atoms with Gasteiger partial charge in [0.1, 0.15) is 11.5 Å². The third-order valence-electron chi connectivity index (χ3n) is 5.25. The smallest absolute Gasteiger partial charge is 0.127 e. The molecule has 0 spiro atoms. The Labute approximate surface area is 150 Å². The van der Waals surface area contributed by atoms with Crippen LogP contribution in [0.1, 0.15) is 24.1 Å². The standard InChI is InChI=1S/C19H31N3O3/c1-14(11-21-4-6-25-7-5-21)12-22-13-15-8-16(23-2)9-18(24-3)19(15)17(22)10-20/h8-9,14,17H,4-7,10-13,20H2,1-3H3. The van der Waals surface area contributed by atoms with Gasteiger partial charge >= 0.3 is 0 Å². The normalized spacial score (nSPS) is 22.6. The molecular weight excluding hydrogens is 318 g/mol. The van der Waals surface area contributed by atoms with Gasteiger partial charge in [-0.2, -0.15) is 0 Å². The van der Waals surface area contributed by atoms with Gasteiger partial charge in [-0.05, 0) is 17.5 Å². The molecule has 2 unspecified atom stereocenters. The molecule has 6 heteroatoms. The molecule has 25 heavy (non-hydrogen) atoms. The molecule has 1 saturated heterocycles. The predicted octanol–water partition coefficient (Wildman–Crippen LogP) is 1.49. The molecule has 2 aliphatic heterocycles. The summed E-state index contributed by atoms with van der Waals surface area (Å²) < 4.78 is 16.5. The number of morpholine rings is 1. The number of fused-ring (bicyclic) bond motifs is 1. The van der Waals surface area contributed by atoms with Crippen molar-refractivity contribution < 1.29 is 14.2 Å². The first-order chi connectivity index (χ1) is 12.2. The lowest BCUT2D eigenvalue weighted by atomic mass is 10.0. The molecule has 2 heterocycles. The van der Waals surface area contributed by atoms with E-state index in [0.717, 1.165) is 57.4 Å². The van der Waals surface area contributed by atoms with E-state index in [0.29, 0.717) is 12.5 Å². The van der Waals surface area contributed by atoms with Crippen LogP contribution < -0.4 is 15.2 Å². The van der Waals surface area contributed by atoms with Crippen LogP contribution in [0, 0.1) is 5.92 Å². The summed E-state index contributed by atoms with van der Waals surface area (Å²) >= 11 is 0. The van der Waals surface area contributed by atoms with Gasteiger partial charge in [-0.15, -0.1) is 0 Å². The van der Waals surface area contributed by atoms with E-state index < -0.39 is 0 Å². The highest BCUT2D eigenvalue weighted by Crippen LogP contribution is 2.42. The van der Waals surface area contributed by atoms with Gasteiger partial charge in [-0.3, -0.25) is 9.80 Å². The van der Waals surface area contributed by atoms with Crippen molar-refractivity contribution in [3.8, 4) is 11.5 Å². The molecule has 0 saturated carbocycles. The molecule has 0 amide bonds. The van der Waals surface area contributed by atoms with E-state index in [1.807, 2.05) is 6.07 Å². The maximum Gasteiger partial charge on any atom is 0.127 e. The third-order valence-corrected chi connectivity index (χ3v) is 5.25. The van der Waals surface area contributed by atoms with Gasteiger partial charge in [0, 0.05) is 50.9 Å². The zero-order valence-corrected chi connectivity index (χ0v) is 15.7. The molecule has 0 aromatic heterocycles. The Hall–Kier alpha value is -1.34. The van der Waals surface area contributed by atoms with Gasteiger partial charge in [-0.1, -0.05) is 6.92 Å². The second kappa shape index (κ2) is 8.36. The number of nitrogens with two attached hydrogens (primary N) is 1. The minimum atomic E-state index is 0.211. The van der Waals surface area contributed by atoms with Crippen LogP contribution in [0.5, 0.6) is 11.5 Å². The van der Waals surface area contributed by atoms with E-state index in [9.17, 15) is 0 Å². The van der Waals surface area contributed by atoms with E-state index in [-0.39, 0.29) is 6.04 Å². The van der Waals surface area contributed by atoms with E-state index in [1.165, 1.54) is 11.1 Å². The van der Waals surface area contributed by atoms with Crippen molar-refractivity contribution in [2.24, 2.45) is 11.7 Å². The lowest BCUT2D eigenvalue weighted by Gasteiger charge is -2.32. The molecule has 1 aromatic carbocycles. The van der Waals surface area contributed by atoms with Crippen LogP contribution in [0.15, 0.2) is 12.1 Å². The fraction of sp³-hybridized carbons (Fsp3) is 0.684. The lowest BCUT2D eigenvalue weighted by molar-refractivity contribution is 0.0279. The van der Waals surface area contributed by atoms with Gasteiger partial charge in [0.2, 0.25) is 0 Å². The second-order valence-electron chi connectivity index (χ2n) is 7.10. The molecular formula is C19H31N3O3. The summed E-state index contributed by atoms with van der Waals surface area (Å²) in [5, 5.41) is 0. The maximum atomic E-state index is 6.14. The van der Waals surface area contributed by atoms with Gasteiger partial charge in [-0.25, -0.2) is 0 Å². The topological polar surface area (TPSA) is 60.2 Å². The van der Waals surface area contributed by atoms with Crippen LogP contribution in [0.3, 0.4) is 0 Å². The highest BCUT2D eigenvalue weighted by Gasteiger charge is 2.33. The Bertz CT molecular complexity index is 575. The number of rotatable bonds is 7. The van der Waals surface area contributed by atoms with E-state index >= 15 is 0 Å². The molecule has 2 N–H and O–H groups in total. The first-order valence-corrected chi connectivity index (χ1v) is 9.15. The Balaban J connectivity index is 1.70. The van der Waals surface area contributed by atoms with Crippen molar-refractivity contribution >= 4 is 0 Å². The highest BCUT2D eigenvalue weighted by atomic mass is 16.5. The second-order valence-corrected chi connectivity index (χ2v) is 7.10. The van der Waals surface area contributed by atoms with Crippen molar-refractivity contribution in [1.82, 2.24) is 9.80 Å². The predicted molar refractivity (Wildman–Crippen MR) is 98.2 cm³/mol. The Morgan fingerprint density at radius 3 is 2.60 bits per heavy atom. The number of hydrogen-bond acceptors (Lipinski definition) is 6. The van der Waals surface area contributed by atoms with Crippen LogP contribution in [-0.4, -0.2) is 70.0 Å². The summed E-state index contributed by atoms with van der Waals surface area (Å²) in [5.41, 5.74) is 8.63. The van der Waals surface area contributed by atoms with Crippen molar-refractivity contribution in [2.45, 2.75) is 19.5 Å². The fourth-order valence-electron chi connectivity index (χ4n) is 4.10. The Morgan fingerprint density at radius 1 is 1.20 bits per heavy atom. The van der Waals surface area contributed by atoms with E-state index in [2.05, 4.69) is 22.8 Å². The van der Waals surface area contributed by atoms with Gasteiger partial charge in [0.25, 0.3) is 0 Å². The van der Waals surface area contributed by atoms with Crippen molar-refractivity contribution in [3.05, 3.63) is 23.3 Å². The summed E-state index contributed by atoms with van der Waals surface area (Å²) in [6, 6.07) is 4.29. The van der Waals surface area contributed by atoms with Crippen molar-refractivity contribution in [1.29, 1.82) is 0 Å². The van der Waals surface area contributed by atoms with Crippen molar-refractivity contribution in [2.75, 3.05) is 60.2 Å². The average molecular weight is 349 g/mol. The molecule has 1 aromatic rings. The number of ether oxygens (including phenoxy) is 3. The van der Waals surface area contributed by atoms with Crippen LogP contribution in [0.2, 0.25) is 0 Å². The summed E-state index contributed by atoms with van der Waals surface area (Å²) in [5.74, 6) is 2.30. The lowest BCUT2D eigenvalue weighted by Crippen LogP contribution is -2.41. The molecule has 2 aliphatic rings. The number of nitrogens with zero attached hydrogens (tertiary/aromatic N) is 2. The summed E-state index contributed by atoms with van der Waals surface area (Å²) in [6.07, 6.45) is 0. The molecule has 0 aliphatic carbocycles. The third kappa shape index (κ3) is 4.08. The van der Waals surface area contributed by atoms with E-state index in [4.69, 9.17) is 19.9 Å². The number of hydrogen-bond donors (Lipinski definition) is 1. The fourth-order valence-corrected chi connectivity index (χ4v) is 4.10. The molecule has 0 bridgehead atoms. The quantitative estimate of drug-likeness (QED) is 0.805. The van der Waals surface area contributed by atoms with Gasteiger partial charge in [0.05, 0.1) is 33.5 Å². The average Bonchev–Trinajstić information content (AvgIpc) is 2.98. The number of benzene rings is 1. The monoisotopic (exact) mass is 349 g/mol. The minimum Gasteiger partial charge on any atom is -0.497 e. The Morgan fingerprint density at radius 2 is 1.96 bits per heavy atom. The molecule has 140 valence electrons. The SMILES string of the molecule is COc1cc2c(c(OC)c1)C(CN)N(CC(C)CN1CCOCC1)C2. The first kappa shape index (κ1) is 18.5. The molecule has 3 rings (SSSR count). The number of methoxy groups -OCH3 is 2. The highest BCUT2D eigenvalue weighted by molar-refractivity contribution is 5.50. The van der Waals surface area contributed by atoms with Crippen LogP contribution >= 0.6 is 0 Å². The van der Waals surface area contributed by atoms with E-state index in [1.54, 1.807) is 14.2 Å². The zero-order valence-electron chi connectivity index (χ0n) is 15.7. The summed E-state index contributed by atoms with van der Waals surface area (Å²) in [7, 11) is 3.41. The molecule has 0 radical (unpaired) electrons. The molecule has 1 fully saturated rings. The Kier molecular flexibility index (Phi) is 6.17. The summed E-state index contributed by atoms with van der Waals surface area (Å²) in [4.78, 5) is 4.98. The van der Waals surface area contributed by atoms with Crippen LogP contribution in [0.4, 0.5) is 0 Å². The zero-order chi connectivity index (χ0) is 17.8. The minimum absolute atomic E-state index is 0.211. The van der Waals surface area contributed by atoms with Crippen LogP contribution in [-0.2, 0) is 11.3 Å². The maximum absolute atomic E-state index is 6.14. The molecule has 6 nitrogen and oxygen atoms in total. The van der Waals surface area contributed by atoms with Crippen LogP contribution in [0.25, 0.3) is 0 Å².